The lowest BCUT2D eigenvalue weighted by atomic mass is 10.0. The van der Waals surface area contributed by atoms with E-state index in [1.54, 1.807) is 25.3 Å². The second-order valence-corrected chi connectivity index (χ2v) is 5.74. The maximum atomic E-state index is 11.2. The number of rotatable bonds is 10. The minimum absolute atomic E-state index is 0.288. The molecule has 1 aromatic rings. The minimum atomic E-state index is -0.919. The van der Waals surface area contributed by atoms with E-state index < -0.39 is 5.97 Å². The molecule has 0 spiro atoms. The van der Waals surface area contributed by atoms with E-state index in [-0.39, 0.29) is 5.56 Å². The van der Waals surface area contributed by atoms with Crippen molar-refractivity contribution in [3.63, 3.8) is 0 Å². The van der Waals surface area contributed by atoms with Gasteiger partial charge in [-0.1, -0.05) is 39.5 Å². The quantitative estimate of drug-likeness (QED) is 0.627. The monoisotopic (exact) mass is 293 g/mol. The Hall–Kier alpha value is -1.71. The van der Waals surface area contributed by atoms with Crippen molar-refractivity contribution >= 4 is 11.7 Å². The third-order valence-corrected chi connectivity index (χ3v) is 3.48. The molecule has 0 fully saturated rings. The predicted octanol–water partition coefficient (Wildman–Crippen LogP) is 4.41. The third kappa shape index (κ3) is 6.52. The van der Waals surface area contributed by atoms with Gasteiger partial charge in [-0.25, -0.2) is 4.79 Å². The van der Waals surface area contributed by atoms with Crippen LogP contribution in [0, 0.1) is 5.92 Å². The first kappa shape index (κ1) is 17.3. The van der Waals surface area contributed by atoms with Crippen molar-refractivity contribution in [3.05, 3.63) is 23.8 Å². The highest BCUT2D eigenvalue weighted by atomic mass is 16.5. The summed E-state index contributed by atoms with van der Waals surface area (Å²) in [6.45, 7) is 5.28. The van der Waals surface area contributed by atoms with Crippen LogP contribution >= 0.6 is 0 Å². The number of carbonyl (C=O) groups is 1. The number of anilines is 1. The number of carboxylic acids is 1. The zero-order valence-electron chi connectivity index (χ0n) is 13.3. The van der Waals surface area contributed by atoms with Gasteiger partial charge in [0.25, 0.3) is 0 Å². The number of benzene rings is 1. The van der Waals surface area contributed by atoms with E-state index in [2.05, 4.69) is 19.2 Å². The number of carboxylic acid groups (broad SMARTS) is 1. The molecule has 2 N–H and O–H groups in total. The Morgan fingerprint density at radius 1 is 1.24 bits per heavy atom. The molecule has 0 aliphatic rings. The van der Waals surface area contributed by atoms with Gasteiger partial charge in [0.1, 0.15) is 5.75 Å². The van der Waals surface area contributed by atoms with Gasteiger partial charge in [-0.05, 0) is 24.5 Å². The molecule has 0 saturated carbocycles. The molecule has 0 bridgehead atoms. The number of methoxy groups -OCH3 is 1. The van der Waals surface area contributed by atoms with Crippen LogP contribution in [0.1, 0.15) is 56.3 Å². The lowest BCUT2D eigenvalue weighted by molar-refractivity contribution is 0.0698. The average Bonchev–Trinajstić information content (AvgIpc) is 2.45. The number of nitrogens with one attached hydrogen (secondary N) is 1. The van der Waals surface area contributed by atoms with Crippen LogP contribution in [0.15, 0.2) is 18.2 Å². The summed E-state index contributed by atoms with van der Waals surface area (Å²) in [7, 11) is 1.58. The topological polar surface area (TPSA) is 58.6 Å². The van der Waals surface area contributed by atoms with Crippen LogP contribution in [-0.4, -0.2) is 24.7 Å². The molecular weight excluding hydrogens is 266 g/mol. The third-order valence-electron chi connectivity index (χ3n) is 3.48. The van der Waals surface area contributed by atoms with Crippen LogP contribution in [0.4, 0.5) is 5.69 Å². The molecule has 4 nitrogen and oxygen atoms in total. The minimum Gasteiger partial charge on any atom is -0.497 e. The van der Waals surface area contributed by atoms with Crippen molar-refractivity contribution in [1.82, 2.24) is 0 Å². The molecular formula is C17H27NO3. The maximum Gasteiger partial charge on any atom is 0.337 e. The first-order chi connectivity index (χ1) is 10.0. The number of hydrogen-bond acceptors (Lipinski definition) is 3. The molecule has 0 amide bonds. The van der Waals surface area contributed by atoms with E-state index in [1.807, 2.05) is 0 Å². The van der Waals surface area contributed by atoms with Crippen LogP contribution in [0.2, 0.25) is 0 Å². The highest BCUT2D eigenvalue weighted by molar-refractivity contribution is 5.94. The number of aromatic carboxylic acids is 1. The Kier molecular flexibility index (Phi) is 7.65. The molecule has 0 aliphatic carbocycles. The Morgan fingerprint density at radius 3 is 2.57 bits per heavy atom. The lowest BCUT2D eigenvalue weighted by Crippen LogP contribution is -2.08. The van der Waals surface area contributed by atoms with Gasteiger partial charge in [-0.3, -0.25) is 0 Å². The molecule has 21 heavy (non-hydrogen) atoms. The fourth-order valence-corrected chi connectivity index (χ4v) is 2.24. The highest BCUT2D eigenvalue weighted by Gasteiger charge is 2.10. The highest BCUT2D eigenvalue weighted by Crippen LogP contribution is 2.22. The molecule has 0 aliphatic heterocycles. The lowest BCUT2D eigenvalue weighted by Gasteiger charge is -2.11. The smallest absolute Gasteiger partial charge is 0.337 e. The zero-order valence-corrected chi connectivity index (χ0v) is 13.3. The molecule has 1 aromatic carbocycles. The molecule has 1 rings (SSSR count). The van der Waals surface area contributed by atoms with Crippen molar-refractivity contribution in [2.24, 2.45) is 5.92 Å². The van der Waals surface area contributed by atoms with Crippen molar-refractivity contribution in [3.8, 4) is 5.75 Å². The predicted molar refractivity (Wildman–Crippen MR) is 86.4 cm³/mol. The Labute approximate surface area is 127 Å². The van der Waals surface area contributed by atoms with E-state index in [0.717, 1.165) is 18.9 Å². The van der Waals surface area contributed by atoms with Crippen molar-refractivity contribution in [1.29, 1.82) is 0 Å². The van der Waals surface area contributed by atoms with Gasteiger partial charge in [-0.15, -0.1) is 0 Å². The largest absolute Gasteiger partial charge is 0.497 e. The summed E-state index contributed by atoms with van der Waals surface area (Å²) in [6, 6.07) is 4.98. The molecule has 118 valence electrons. The Morgan fingerprint density at radius 2 is 1.95 bits per heavy atom. The average molecular weight is 293 g/mol. The molecule has 0 atom stereocenters. The molecule has 4 heteroatoms. The SMILES string of the molecule is COc1ccc(C(=O)O)c(NCCCCCCC(C)C)c1. The van der Waals surface area contributed by atoms with Crippen LogP contribution in [0.25, 0.3) is 0 Å². The second-order valence-electron chi connectivity index (χ2n) is 5.74. The molecule has 0 unspecified atom stereocenters. The fraction of sp³-hybridized carbons (Fsp3) is 0.588. The van der Waals surface area contributed by atoms with Crippen LogP contribution in [0.3, 0.4) is 0 Å². The van der Waals surface area contributed by atoms with Gasteiger partial charge in [0.15, 0.2) is 0 Å². The molecule has 0 heterocycles. The second kappa shape index (κ2) is 9.27. The Bertz CT molecular complexity index is 444. The van der Waals surface area contributed by atoms with Crippen LogP contribution < -0.4 is 10.1 Å². The van der Waals surface area contributed by atoms with Crippen LogP contribution in [-0.2, 0) is 0 Å². The van der Waals surface area contributed by atoms with Gasteiger partial charge in [0.2, 0.25) is 0 Å². The fourth-order valence-electron chi connectivity index (χ4n) is 2.24. The van der Waals surface area contributed by atoms with Gasteiger partial charge < -0.3 is 15.2 Å². The van der Waals surface area contributed by atoms with Crippen LogP contribution in [0.5, 0.6) is 5.75 Å². The summed E-state index contributed by atoms with van der Waals surface area (Å²) in [5, 5.41) is 12.4. The molecule has 0 saturated heterocycles. The number of unbranched alkanes of at least 4 members (excludes halogenated alkanes) is 3. The van der Waals surface area contributed by atoms with Gasteiger partial charge in [0.05, 0.1) is 18.4 Å². The van der Waals surface area contributed by atoms with E-state index in [0.29, 0.717) is 11.4 Å². The first-order valence-electron chi connectivity index (χ1n) is 7.69. The van der Waals surface area contributed by atoms with E-state index in [9.17, 15) is 9.90 Å². The molecule has 0 aromatic heterocycles. The number of hydrogen-bond donors (Lipinski definition) is 2. The zero-order chi connectivity index (χ0) is 15.7. The van der Waals surface area contributed by atoms with Crippen molar-refractivity contribution in [2.75, 3.05) is 19.0 Å². The summed E-state index contributed by atoms with van der Waals surface area (Å²) in [5.74, 6) is 0.523. The van der Waals surface area contributed by atoms with E-state index in [4.69, 9.17) is 4.74 Å². The van der Waals surface area contributed by atoms with Gasteiger partial charge in [0, 0.05) is 12.6 Å². The Balaban J connectivity index is 2.38. The van der Waals surface area contributed by atoms with Gasteiger partial charge in [-0.2, -0.15) is 0 Å². The maximum absolute atomic E-state index is 11.2. The van der Waals surface area contributed by atoms with Gasteiger partial charge >= 0.3 is 5.97 Å². The summed E-state index contributed by atoms with van der Waals surface area (Å²) >= 11 is 0. The number of ether oxygens (including phenoxy) is 1. The van der Waals surface area contributed by atoms with Crippen molar-refractivity contribution in [2.45, 2.75) is 46.0 Å². The summed E-state index contributed by atoms with van der Waals surface area (Å²) < 4.78 is 5.14. The standard InChI is InChI=1S/C17H27NO3/c1-13(2)8-6-4-5-7-11-18-16-12-14(21-3)9-10-15(16)17(19)20/h9-10,12-13,18H,4-8,11H2,1-3H3,(H,19,20). The van der Waals surface area contributed by atoms with Crippen molar-refractivity contribution < 1.29 is 14.6 Å². The summed E-state index contributed by atoms with van der Waals surface area (Å²) in [5.41, 5.74) is 0.916. The normalized spacial score (nSPS) is 10.7. The van der Waals surface area contributed by atoms with E-state index in [1.165, 1.54) is 25.7 Å². The van der Waals surface area contributed by atoms with E-state index >= 15 is 0 Å². The molecule has 0 radical (unpaired) electrons. The summed E-state index contributed by atoms with van der Waals surface area (Å²) in [4.78, 5) is 11.2. The summed E-state index contributed by atoms with van der Waals surface area (Å²) in [6.07, 6.45) is 6.02. The first-order valence-corrected chi connectivity index (χ1v) is 7.69.